The molecule has 0 fully saturated rings. The Balaban J connectivity index is 0.802. The number of rotatable bonds is 10. The van der Waals surface area contributed by atoms with Crippen molar-refractivity contribution < 1.29 is 4.39 Å². The van der Waals surface area contributed by atoms with Gasteiger partial charge in [0.15, 0.2) is 0 Å². The molecule has 3 heteroatoms. The lowest BCUT2D eigenvalue weighted by Gasteiger charge is -2.28. The fraction of sp³-hybridized carbons (Fsp3) is 0.0278. The second kappa shape index (κ2) is 19.1. The van der Waals surface area contributed by atoms with Crippen molar-refractivity contribution in [2.75, 3.05) is 9.80 Å². The first-order valence-electron chi connectivity index (χ1n) is 25.7. The van der Waals surface area contributed by atoms with Crippen LogP contribution in [-0.2, 0) is 0 Å². The van der Waals surface area contributed by atoms with Crippen LogP contribution in [0.2, 0.25) is 0 Å². The quantitative estimate of drug-likeness (QED) is 0.0995. The highest BCUT2D eigenvalue weighted by molar-refractivity contribution is 6.10. The van der Waals surface area contributed by atoms with Crippen molar-refractivity contribution in [2.24, 2.45) is 0 Å². The Labute approximate surface area is 436 Å². The molecule has 0 spiro atoms. The highest BCUT2D eigenvalue weighted by atomic mass is 19.1. The molecule has 13 aromatic carbocycles. The molecular formula is C72H51FN2. The van der Waals surface area contributed by atoms with E-state index in [-0.39, 0.29) is 5.82 Å². The largest absolute Gasteiger partial charge is 0.309 e. The Morgan fingerprint density at radius 3 is 1.16 bits per heavy atom. The van der Waals surface area contributed by atoms with Gasteiger partial charge in [0.05, 0.1) is 22.7 Å². The van der Waals surface area contributed by atoms with Crippen molar-refractivity contribution in [1.29, 1.82) is 0 Å². The number of benzene rings is 13. The van der Waals surface area contributed by atoms with Gasteiger partial charge in [0.1, 0.15) is 5.82 Å². The Morgan fingerprint density at radius 2 is 0.653 bits per heavy atom. The van der Waals surface area contributed by atoms with E-state index in [0.29, 0.717) is 5.39 Å². The molecule has 0 unspecified atom stereocenters. The maximum Gasteiger partial charge on any atom is 0.131 e. The van der Waals surface area contributed by atoms with Crippen LogP contribution in [0.15, 0.2) is 249 Å². The van der Waals surface area contributed by atoms with Crippen LogP contribution in [0.5, 0.6) is 0 Å². The molecule has 0 atom stereocenters. The van der Waals surface area contributed by atoms with Gasteiger partial charge in [-0.05, 0) is 152 Å². The predicted molar refractivity (Wildman–Crippen MR) is 321 cm³/mol. The smallest absolute Gasteiger partial charge is 0.131 e. The number of hydrogen-bond donors (Lipinski definition) is 0. The summed E-state index contributed by atoms with van der Waals surface area (Å²) in [5.41, 5.74) is 13.4. The molecule has 0 N–H and O–H groups in total. The van der Waals surface area contributed by atoms with E-state index >= 15 is 4.39 Å². The Bertz CT molecular complexity index is 4390. The molecule has 0 aliphatic heterocycles. The summed E-state index contributed by atoms with van der Waals surface area (Å²) >= 11 is 0. The maximum atomic E-state index is 15.7. The molecule has 0 radical (unpaired) electrons. The van der Waals surface area contributed by atoms with Gasteiger partial charge >= 0.3 is 0 Å². The molecular weight excluding hydrogens is 912 g/mol. The van der Waals surface area contributed by atoms with E-state index in [1.165, 1.54) is 54.2 Å². The van der Waals surface area contributed by atoms with Crippen LogP contribution in [0.25, 0.3) is 88.9 Å². The molecule has 0 saturated heterocycles. The Morgan fingerprint density at radius 1 is 0.267 bits per heavy atom. The fourth-order valence-electron chi connectivity index (χ4n) is 11.1. The zero-order chi connectivity index (χ0) is 50.4. The highest BCUT2D eigenvalue weighted by Gasteiger charge is 2.20. The minimum Gasteiger partial charge on any atom is -0.309 e. The molecule has 0 heterocycles. The average molecular weight is 963 g/mol. The van der Waals surface area contributed by atoms with Gasteiger partial charge in [-0.2, -0.15) is 0 Å². The minimum atomic E-state index is -0.222. The van der Waals surface area contributed by atoms with Crippen LogP contribution >= 0.6 is 0 Å². The summed E-state index contributed by atoms with van der Waals surface area (Å²) in [6.07, 6.45) is 8.57. The molecule has 0 bridgehead atoms. The van der Waals surface area contributed by atoms with E-state index in [0.717, 1.165) is 72.5 Å². The summed E-state index contributed by atoms with van der Waals surface area (Å²) in [6, 6.07) is 88.0. The van der Waals surface area contributed by atoms with Gasteiger partial charge in [-0.1, -0.05) is 206 Å². The van der Waals surface area contributed by atoms with Crippen molar-refractivity contribution >= 4 is 123 Å². The summed E-state index contributed by atoms with van der Waals surface area (Å²) in [4.78, 5) is 4.77. The van der Waals surface area contributed by atoms with Crippen LogP contribution in [0.4, 0.5) is 38.5 Å². The van der Waals surface area contributed by atoms with Gasteiger partial charge in [0.2, 0.25) is 0 Å². The zero-order valence-electron chi connectivity index (χ0n) is 41.8. The van der Waals surface area contributed by atoms with Crippen molar-refractivity contribution in [1.82, 2.24) is 0 Å². The summed E-state index contributed by atoms with van der Waals surface area (Å²) in [5, 5.41) is 13.0. The van der Waals surface area contributed by atoms with Crippen LogP contribution < -0.4 is 9.80 Å². The normalized spacial score (nSPS) is 11.8. The van der Waals surface area contributed by atoms with Gasteiger partial charge in [-0.15, -0.1) is 0 Å². The SMILES string of the molecule is Cc1ccc(N(c2ccc(/C=C\c3ccc4cc(F)c5ccc(/C=C/c6ccc(N(c7cccc8ccccc78)c7ccc(C)c8ccccc78)cc6)cc5c4c3)cc2)c2cccc3ccccc23)c2ccccc12. The minimum absolute atomic E-state index is 0.222. The second-order valence-corrected chi connectivity index (χ2v) is 19.6. The summed E-state index contributed by atoms with van der Waals surface area (Å²) in [7, 11) is 0. The maximum absolute atomic E-state index is 15.7. The number of hydrogen-bond acceptors (Lipinski definition) is 2. The van der Waals surface area contributed by atoms with Gasteiger partial charge in [-0.3, -0.25) is 0 Å². The molecule has 0 aliphatic carbocycles. The van der Waals surface area contributed by atoms with Crippen molar-refractivity contribution in [3.05, 3.63) is 288 Å². The first kappa shape index (κ1) is 45.3. The van der Waals surface area contributed by atoms with Crippen LogP contribution in [-0.4, -0.2) is 0 Å². The standard InChI is InChI=1S/C72H51FN2/c1-48-25-43-71(64-21-9-7-17-59(48)64)74(69-23-11-15-54-13-3-5-19-61(54)69)57-38-32-50(33-39-57)27-29-52-31-37-56-47-68(73)63-42-36-53(46-67(63)66(56)45-52)30-28-51-34-40-58(41-35-51)75(70-24-12-16-55-14-4-6-20-62(55)70)72-44-26-49(2)60-18-8-10-22-65(60)72/h3-47H,1-2H3/b29-27-,30-28+. The number of anilines is 6. The Kier molecular flexibility index (Phi) is 11.6. The highest BCUT2D eigenvalue weighted by Crippen LogP contribution is 2.45. The number of fused-ring (bicyclic) bond motifs is 7. The molecule has 0 aliphatic rings. The lowest BCUT2D eigenvalue weighted by molar-refractivity contribution is 0.641. The van der Waals surface area contributed by atoms with Crippen LogP contribution in [0, 0.1) is 19.7 Å². The monoisotopic (exact) mass is 962 g/mol. The lowest BCUT2D eigenvalue weighted by Crippen LogP contribution is -2.11. The van der Waals surface area contributed by atoms with Gasteiger partial charge < -0.3 is 9.80 Å². The first-order chi connectivity index (χ1) is 36.9. The van der Waals surface area contributed by atoms with E-state index in [4.69, 9.17) is 0 Å². The topological polar surface area (TPSA) is 6.48 Å². The number of aryl methyl sites for hydroxylation is 2. The van der Waals surface area contributed by atoms with E-state index in [1.807, 2.05) is 18.2 Å². The van der Waals surface area contributed by atoms with Crippen molar-refractivity contribution in [3.8, 4) is 0 Å². The van der Waals surface area contributed by atoms with E-state index in [2.05, 4.69) is 272 Å². The van der Waals surface area contributed by atoms with Gasteiger partial charge in [0.25, 0.3) is 0 Å². The average Bonchev–Trinajstić information content (AvgIpc) is 3.47. The third-order valence-electron chi connectivity index (χ3n) is 14.9. The summed E-state index contributed by atoms with van der Waals surface area (Å²) in [5.74, 6) is -0.222. The van der Waals surface area contributed by atoms with E-state index in [9.17, 15) is 0 Å². The van der Waals surface area contributed by atoms with Crippen molar-refractivity contribution in [3.63, 3.8) is 0 Å². The number of halogens is 1. The van der Waals surface area contributed by atoms with Crippen LogP contribution in [0.1, 0.15) is 33.4 Å². The molecule has 0 aromatic heterocycles. The molecule has 0 saturated carbocycles. The molecule has 356 valence electrons. The molecule has 0 amide bonds. The Hall–Kier alpha value is -9.57. The van der Waals surface area contributed by atoms with Gasteiger partial charge in [0, 0.05) is 38.3 Å². The summed E-state index contributed by atoms with van der Waals surface area (Å²) in [6.45, 7) is 4.35. The molecule has 13 rings (SSSR count). The summed E-state index contributed by atoms with van der Waals surface area (Å²) < 4.78 is 15.7. The number of nitrogens with zero attached hydrogens (tertiary/aromatic N) is 2. The molecule has 75 heavy (non-hydrogen) atoms. The van der Waals surface area contributed by atoms with E-state index in [1.54, 1.807) is 6.07 Å². The van der Waals surface area contributed by atoms with Crippen LogP contribution in [0.3, 0.4) is 0 Å². The van der Waals surface area contributed by atoms with E-state index < -0.39 is 0 Å². The molecule has 13 aromatic rings. The fourth-order valence-corrected chi connectivity index (χ4v) is 11.1. The zero-order valence-corrected chi connectivity index (χ0v) is 41.8. The molecule has 2 nitrogen and oxygen atoms in total. The van der Waals surface area contributed by atoms with Gasteiger partial charge in [-0.25, -0.2) is 4.39 Å². The lowest BCUT2D eigenvalue weighted by atomic mass is 9.97. The van der Waals surface area contributed by atoms with Crippen molar-refractivity contribution in [2.45, 2.75) is 13.8 Å². The first-order valence-corrected chi connectivity index (χ1v) is 25.7. The third kappa shape index (κ3) is 8.45. The third-order valence-corrected chi connectivity index (χ3v) is 14.9. The second-order valence-electron chi connectivity index (χ2n) is 19.6. The predicted octanol–water partition coefficient (Wildman–Crippen LogP) is 20.6.